The van der Waals surface area contributed by atoms with E-state index in [0.29, 0.717) is 23.7 Å². The lowest BCUT2D eigenvalue weighted by Crippen LogP contribution is -2.27. The van der Waals surface area contributed by atoms with Crippen molar-refractivity contribution in [2.75, 3.05) is 5.32 Å². The van der Waals surface area contributed by atoms with Gasteiger partial charge in [0.2, 0.25) is 5.88 Å². The summed E-state index contributed by atoms with van der Waals surface area (Å²) in [4.78, 5) is 28.5. The molecule has 1 aromatic heterocycles. The topological polar surface area (TPSA) is 89.6 Å². The largest absolute Gasteiger partial charge is 0.475 e. The molecule has 0 atom stereocenters. The van der Waals surface area contributed by atoms with Crippen molar-refractivity contribution in [3.05, 3.63) is 53.7 Å². The van der Waals surface area contributed by atoms with Crippen LogP contribution in [0.25, 0.3) is 0 Å². The van der Waals surface area contributed by atoms with Crippen molar-refractivity contribution in [3.63, 3.8) is 0 Å². The van der Waals surface area contributed by atoms with Crippen LogP contribution >= 0.6 is 0 Å². The van der Waals surface area contributed by atoms with Crippen LogP contribution < -0.4 is 15.4 Å². The summed E-state index contributed by atoms with van der Waals surface area (Å²) in [7, 11) is 0. The number of nitrogens with one attached hydrogen (secondary N) is 2. The second-order valence-corrected chi connectivity index (χ2v) is 7.56. The molecule has 0 radical (unpaired) electrons. The fourth-order valence-electron chi connectivity index (χ4n) is 2.27. The molecular weight excluding hydrogens is 358 g/mol. The van der Waals surface area contributed by atoms with Crippen LogP contribution in [0.5, 0.6) is 5.88 Å². The van der Waals surface area contributed by atoms with Crippen LogP contribution in [0, 0.1) is 0 Å². The second-order valence-electron chi connectivity index (χ2n) is 7.56. The van der Waals surface area contributed by atoms with E-state index in [1.54, 1.807) is 57.3 Å². The maximum absolute atomic E-state index is 12.4. The molecule has 1 heterocycles. The Labute approximate surface area is 165 Å². The summed E-state index contributed by atoms with van der Waals surface area (Å²) in [6, 6.07) is 10.3. The number of benzene rings is 1. The standard InChI is InChI=1S/C21H27N3O4/c1-14(2)27-18-10-9-15(12-22-18)13-23-19(25)16-7-6-8-17(11-16)24-20(26)28-21(3,4)5/h6-12,14H,13H2,1-5H3,(H,23,25)(H,24,26). The number of pyridine rings is 1. The van der Waals surface area contributed by atoms with Crippen LogP contribution in [0.15, 0.2) is 42.6 Å². The fraction of sp³-hybridized carbons (Fsp3) is 0.381. The number of amides is 2. The first kappa shape index (κ1) is 21.2. The molecule has 7 heteroatoms. The number of ether oxygens (including phenoxy) is 2. The molecule has 0 unspecified atom stereocenters. The molecule has 7 nitrogen and oxygen atoms in total. The molecule has 0 spiro atoms. The van der Waals surface area contributed by atoms with Gasteiger partial charge in [0, 0.05) is 30.1 Å². The Balaban J connectivity index is 1.93. The molecule has 0 fully saturated rings. The molecule has 2 amide bonds. The molecule has 1 aromatic carbocycles. The summed E-state index contributed by atoms with van der Waals surface area (Å²) in [5.74, 6) is 0.293. The third-order valence-electron chi connectivity index (χ3n) is 3.38. The molecule has 0 saturated heterocycles. The molecule has 150 valence electrons. The van der Waals surface area contributed by atoms with E-state index in [2.05, 4.69) is 15.6 Å². The van der Waals surface area contributed by atoms with Crippen molar-refractivity contribution < 1.29 is 19.1 Å². The highest BCUT2D eigenvalue weighted by Crippen LogP contribution is 2.14. The van der Waals surface area contributed by atoms with Gasteiger partial charge in [-0.1, -0.05) is 12.1 Å². The van der Waals surface area contributed by atoms with Gasteiger partial charge in [-0.25, -0.2) is 9.78 Å². The van der Waals surface area contributed by atoms with E-state index in [0.717, 1.165) is 5.56 Å². The van der Waals surface area contributed by atoms with Gasteiger partial charge in [-0.05, 0) is 58.4 Å². The van der Waals surface area contributed by atoms with E-state index >= 15 is 0 Å². The van der Waals surface area contributed by atoms with Crippen molar-refractivity contribution in [1.82, 2.24) is 10.3 Å². The zero-order valence-electron chi connectivity index (χ0n) is 16.9. The monoisotopic (exact) mass is 385 g/mol. The van der Waals surface area contributed by atoms with Gasteiger partial charge in [0.1, 0.15) is 5.60 Å². The molecule has 0 aliphatic heterocycles. The Morgan fingerprint density at radius 3 is 2.50 bits per heavy atom. The summed E-state index contributed by atoms with van der Waals surface area (Å²) in [5.41, 5.74) is 1.18. The number of nitrogens with zero attached hydrogens (tertiary/aromatic N) is 1. The average Bonchev–Trinajstić information content (AvgIpc) is 2.59. The highest BCUT2D eigenvalue weighted by Gasteiger charge is 2.16. The van der Waals surface area contributed by atoms with Crippen LogP contribution in [0.3, 0.4) is 0 Å². The van der Waals surface area contributed by atoms with E-state index in [1.165, 1.54) is 0 Å². The Morgan fingerprint density at radius 2 is 1.89 bits per heavy atom. The smallest absolute Gasteiger partial charge is 0.412 e. The molecular formula is C21H27N3O4. The molecule has 0 bridgehead atoms. The fourth-order valence-corrected chi connectivity index (χ4v) is 2.27. The van der Waals surface area contributed by atoms with E-state index in [9.17, 15) is 9.59 Å². The first-order chi connectivity index (χ1) is 13.1. The number of rotatable bonds is 6. The molecule has 28 heavy (non-hydrogen) atoms. The van der Waals surface area contributed by atoms with Crippen LogP contribution in [0.4, 0.5) is 10.5 Å². The summed E-state index contributed by atoms with van der Waals surface area (Å²) in [5, 5.41) is 5.45. The maximum atomic E-state index is 12.4. The van der Waals surface area contributed by atoms with Crippen molar-refractivity contribution in [3.8, 4) is 5.88 Å². The lowest BCUT2D eigenvalue weighted by atomic mass is 10.2. The van der Waals surface area contributed by atoms with E-state index in [-0.39, 0.29) is 12.0 Å². The molecule has 2 rings (SSSR count). The summed E-state index contributed by atoms with van der Waals surface area (Å²) < 4.78 is 10.7. The van der Waals surface area contributed by atoms with Crippen LogP contribution in [0.2, 0.25) is 0 Å². The van der Waals surface area contributed by atoms with Crippen molar-refractivity contribution in [1.29, 1.82) is 0 Å². The number of anilines is 1. The zero-order chi connectivity index (χ0) is 20.7. The number of carbonyl (C=O) groups excluding carboxylic acids is 2. The molecule has 0 aliphatic rings. The minimum absolute atomic E-state index is 0.0552. The van der Waals surface area contributed by atoms with Crippen LogP contribution in [-0.4, -0.2) is 28.7 Å². The lowest BCUT2D eigenvalue weighted by molar-refractivity contribution is 0.0635. The highest BCUT2D eigenvalue weighted by molar-refractivity contribution is 5.96. The predicted molar refractivity (Wildman–Crippen MR) is 107 cm³/mol. The number of aromatic nitrogens is 1. The van der Waals surface area contributed by atoms with E-state index in [1.807, 2.05) is 19.9 Å². The lowest BCUT2D eigenvalue weighted by Gasteiger charge is -2.19. The van der Waals surface area contributed by atoms with Gasteiger partial charge >= 0.3 is 6.09 Å². The third-order valence-corrected chi connectivity index (χ3v) is 3.38. The highest BCUT2D eigenvalue weighted by atomic mass is 16.6. The Bertz CT molecular complexity index is 811. The zero-order valence-corrected chi connectivity index (χ0v) is 16.9. The summed E-state index contributed by atoms with van der Waals surface area (Å²) >= 11 is 0. The number of carbonyl (C=O) groups is 2. The van der Waals surface area contributed by atoms with Gasteiger partial charge < -0.3 is 14.8 Å². The Hall–Kier alpha value is -3.09. The second kappa shape index (κ2) is 9.21. The first-order valence-corrected chi connectivity index (χ1v) is 9.12. The van der Waals surface area contributed by atoms with Gasteiger partial charge in [0.25, 0.3) is 5.91 Å². The third kappa shape index (κ3) is 7.26. The van der Waals surface area contributed by atoms with Gasteiger partial charge in [0.05, 0.1) is 6.10 Å². The minimum Gasteiger partial charge on any atom is -0.475 e. The predicted octanol–water partition coefficient (Wildman–Crippen LogP) is 4.15. The quantitative estimate of drug-likeness (QED) is 0.780. The average molecular weight is 385 g/mol. The van der Waals surface area contributed by atoms with Crippen LogP contribution in [0.1, 0.15) is 50.5 Å². The molecule has 2 N–H and O–H groups in total. The van der Waals surface area contributed by atoms with E-state index < -0.39 is 11.7 Å². The van der Waals surface area contributed by atoms with Crippen molar-refractivity contribution in [2.24, 2.45) is 0 Å². The van der Waals surface area contributed by atoms with Gasteiger partial charge in [-0.15, -0.1) is 0 Å². The van der Waals surface area contributed by atoms with Crippen molar-refractivity contribution in [2.45, 2.75) is 52.9 Å². The maximum Gasteiger partial charge on any atom is 0.412 e. The number of hydrogen-bond acceptors (Lipinski definition) is 5. The molecule has 0 saturated carbocycles. The molecule has 0 aliphatic carbocycles. The minimum atomic E-state index is -0.594. The van der Waals surface area contributed by atoms with Gasteiger partial charge in [0.15, 0.2) is 0 Å². The SMILES string of the molecule is CC(C)Oc1ccc(CNC(=O)c2cccc(NC(=O)OC(C)(C)C)c2)cn1. The summed E-state index contributed by atoms with van der Waals surface area (Å²) in [6.45, 7) is 9.55. The van der Waals surface area contributed by atoms with Crippen LogP contribution in [-0.2, 0) is 11.3 Å². The van der Waals surface area contributed by atoms with Crippen molar-refractivity contribution >= 4 is 17.7 Å². The van der Waals surface area contributed by atoms with E-state index in [4.69, 9.17) is 9.47 Å². The Kier molecular flexibility index (Phi) is 6.98. The normalized spacial score (nSPS) is 11.1. The molecule has 2 aromatic rings. The first-order valence-electron chi connectivity index (χ1n) is 9.12. The van der Waals surface area contributed by atoms with Gasteiger partial charge in [-0.2, -0.15) is 0 Å². The number of hydrogen-bond donors (Lipinski definition) is 2. The Morgan fingerprint density at radius 1 is 1.14 bits per heavy atom. The van der Waals surface area contributed by atoms with Gasteiger partial charge in [-0.3, -0.25) is 10.1 Å². The summed E-state index contributed by atoms with van der Waals surface area (Å²) in [6.07, 6.45) is 1.15.